The molecular formula is C8H13NaO5. The van der Waals surface area contributed by atoms with Crippen LogP contribution in [0.5, 0.6) is 0 Å². The third-order valence-electron chi connectivity index (χ3n) is 2.25. The average Bonchev–Trinajstić information content (AvgIpc) is 2.06. The Labute approximate surface area is 104 Å². The van der Waals surface area contributed by atoms with Crippen molar-refractivity contribution in [1.82, 2.24) is 0 Å². The van der Waals surface area contributed by atoms with E-state index >= 15 is 0 Å². The molecule has 0 aromatic heterocycles. The van der Waals surface area contributed by atoms with Gasteiger partial charge in [-0.15, -0.1) is 0 Å². The second-order valence-corrected chi connectivity index (χ2v) is 2.73. The molecule has 2 N–H and O–H groups in total. The van der Waals surface area contributed by atoms with Crippen molar-refractivity contribution in [2.75, 3.05) is 0 Å². The molecule has 0 heterocycles. The molecule has 0 amide bonds. The molecule has 0 aromatic carbocycles. The second-order valence-electron chi connectivity index (χ2n) is 2.73. The molecule has 0 aliphatic heterocycles. The average molecular weight is 212 g/mol. The Kier molecular flexibility index (Phi) is 7.07. The summed E-state index contributed by atoms with van der Waals surface area (Å²) in [5.74, 6) is -4.30. The zero-order valence-corrected chi connectivity index (χ0v) is 7.53. The predicted molar refractivity (Wildman–Crippen MR) is 50.4 cm³/mol. The molecule has 0 atom stereocenters. The van der Waals surface area contributed by atoms with E-state index in [0.717, 1.165) is 0 Å². The number of hydrogen-bond acceptors (Lipinski definition) is 3. The first kappa shape index (κ1) is 16.1. The Morgan fingerprint density at radius 3 is 1.50 bits per heavy atom. The molecule has 76 valence electrons. The number of aliphatic carboxylic acids is 2. The van der Waals surface area contributed by atoms with Crippen LogP contribution in [-0.4, -0.2) is 57.5 Å². The van der Waals surface area contributed by atoms with Crippen molar-refractivity contribution >= 4 is 47.3 Å². The maximum atomic E-state index is 11.1. The molecule has 5 nitrogen and oxygen atoms in total. The van der Waals surface area contributed by atoms with Crippen LogP contribution in [-0.2, 0) is 14.4 Å². The van der Waals surface area contributed by atoms with Crippen molar-refractivity contribution < 1.29 is 24.6 Å². The number of carboxylic acids is 2. The first-order chi connectivity index (χ1) is 5.92. The predicted octanol–water partition coefficient (Wildman–Crippen LogP) is -0.117. The Morgan fingerprint density at radius 1 is 1.07 bits per heavy atom. The number of rotatable bonds is 5. The molecular weight excluding hydrogens is 199 g/mol. The number of carbonyl (C=O) groups is 3. The van der Waals surface area contributed by atoms with Crippen molar-refractivity contribution in [3.05, 3.63) is 0 Å². The van der Waals surface area contributed by atoms with Gasteiger partial charge in [0.15, 0.2) is 0 Å². The van der Waals surface area contributed by atoms with Crippen LogP contribution in [0.1, 0.15) is 26.7 Å². The Balaban J connectivity index is 0. The van der Waals surface area contributed by atoms with Gasteiger partial charge in [0.25, 0.3) is 5.78 Å². The minimum absolute atomic E-state index is 0. The standard InChI is InChI=1S/C8H12O5.Na.H/c1-3-8(4-2,7(12)13)5(9)6(10)11;;/h3-4H2,1-2H3,(H,10,11)(H,12,13);;. The van der Waals surface area contributed by atoms with Gasteiger partial charge in [0.2, 0.25) is 0 Å². The minimum atomic E-state index is -1.76. The molecule has 0 saturated carbocycles. The van der Waals surface area contributed by atoms with Gasteiger partial charge in [-0.1, -0.05) is 13.8 Å². The molecule has 6 heteroatoms. The SMILES string of the molecule is CCC(CC)(C(=O)O)C(=O)C(=O)O.[NaH]. The molecule has 0 radical (unpaired) electrons. The fourth-order valence-corrected chi connectivity index (χ4v) is 1.18. The van der Waals surface area contributed by atoms with E-state index in [-0.39, 0.29) is 42.4 Å². The Morgan fingerprint density at radius 2 is 1.43 bits per heavy atom. The van der Waals surface area contributed by atoms with Crippen molar-refractivity contribution in [1.29, 1.82) is 0 Å². The fraction of sp³-hybridized carbons (Fsp3) is 0.625. The normalized spacial score (nSPS) is 10.1. The second kappa shape index (κ2) is 6.16. The number of hydrogen-bond donors (Lipinski definition) is 2. The van der Waals surface area contributed by atoms with Crippen molar-refractivity contribution in [3.8, 4) is 0 Å². The van der Waals surface area contributed by atoms with E-state index in [1.807, 2.05) is 0 Å². The van der Waals surface area contributed by atoms with E-state index in [1.54, 1.807) is 0 Å². The molecule has 0 fully saturated rings. The van der Waals surface area contributed by atoms with Gasteiger partial charge in [-0.05, 0) is 12.8 Å². The number of Topliss-reactive ketones (excluding diaryl/α,β-unsaturated/α-hetero) is 1. The molecule has 0 saturated heterocycles. The molecule has 0 unspecified atom stereocenters. The van der Waals surface area contributed by atoms with Crippen LogP contribution in [0.3, 0.4) is 0 Å². The van der Waals surface area contributed by atoms with Crippen LogP contribution in [0, 0.1) is 5.41 Å². The monoisotopic (exact) mass is 212 g/mol. The number of carboxylic acid groups (broad SMARTS) is 2. The summed E-state index contributed by atoms with van der Waals surface area (Å²) < 4.78 is 0. The van der Waals surface area contributed by atoms with Gasteiger partial charge in [0.05, 0.1) is 0 Å². The first-order valence-electron chi connectivity index (χ1n) is 3.93. The van der Waals surface area contributed by atoms with Gasteiger partial charge in [0.1, 0.15) is 5.41 Å². The van der Waals surface area contributed by atoms with Crippen LogP contribution in [0.25, 0.3) is 0 Å². The third kappa shape index (κ3) is 2.80. The topological polar surface area (TPSA) is 91.7 Å². The van der Waals surface area contributed by atoms with Gasteiger partial charge in [-0.2, -0.15) is 0 Å². The van der Waals surface area contributed by atoms with Gasteiger partial charge >= 0.3 is 41.5 Å². The van der Waals surface area contributed by atoms with E-state index in [1.165, 1.54) is 13.8 Å². The summed E-state index contributed by atoms with van der Waals surface area (Å²) in [6.07, 6.45) is -0.0199. The van der Waals surface area contributed by atoms with Gasteiger partial charge in [0, 0.05) is 0 Å². The Bertz CT molecular complexity index is 244. The Hall–Kier alpha value is -0.390. The summed E-state index contributed by atoms with van der Waals surface area (Å²) >= 11 is 0. The summed E-state index contributed by atoms with van der Waals surface area (Å²) in [6, 6.07) is 0. The quantitative estimate of drug-likeness (QED) is 0.376. The van der Waals surface area contributed by atoms with E-state index in [4.69, 9.17) is 10.2 Å². The first-order valence-corrected chi connectivity index (χ1v) is 3.93. The summed E-state index contributed by atoms with van der Waals surface area (Å²) in [7, 11) is 0. The molecule has 0 aromatic rings. The molecule has 0 aliphatic rings. The number of carbonyl (C=O) groups excluding carboxylic acids is 1. The fourth-order valence-electron chi connectivity index (χ4n) is 1.18. The van der Waals surface area contributed by atoms with Crippen molar-refractivity contribution in [3.63, 3.8) is 0 Å². The maximum absolute atomic E-state index is 11.1. The van der Waals surface area contributed by atoms with Gasteiger partial charge in [-0.25, -0.2) is 4.79 Å². The van der Waals surface area contributed by atoms with E-state index in [9.17, 15) is 14.4 Å². The zero-order chi connectivity index (χ0) is 10.6. The van der Waals surface area contributed by atoms with Gasteiger partial charge in [-0.3, -0.25) is 9.59 Å². The van der Waals surface area contributed by atoms with Crippen molar-refractivity contribution in [2.24, 2.45) is 5.41 Å². The number of ketones is 1. The van der Waals surface area contributed by atoms with E-state index in [0.29, 0.717) is 0 Å². The van der Waals surface area contributed by atoms with Crippen LogP contribution in [0.4, 0.5) is 0 Å². The van der Waals surface area contributed by atoms with Crippen LogP contribution in [0.2, 0.25) is 0 Å². The van der Waals surface area contributed by atoms with E-state index in [2.05, 4.69) is 0 Å². The van der Waals surface area contributed by atoms with Crippen molar-refractivity contribution in [2.45, 2.75) is 26.7 Å². The summed E-state index contributed by atoms with van der Waals surface area (Å²) in [6.45, 7) is 2.97. The van der Waals surface area contributed by atoms with Crippen LogP contribution >= 0.6 is 0 Å². The zero-order valence-electron chi connectivity index (χ0n) is 7.53. The van der Waals surface area contributed by atoms with Crippen LogP contribution < -0.4 is 0 Å². The summed E-state index contributed by atoms with van der Waals surface area (Å²) in [5, 5.41) is 17.2. The summed E-state index contributed by atoms with van der Waals surface area (Å²) in [4.78, 5) is 32.2. The molecule has 0 aliphatic carbocycles. The third-order valence-corrected chi connectivity index (χ3v) is 2.25. The molecule has 0 spiro atoms. The molecule has 0 rings (SSSR count). The molecule has 0 bridgehead atoms. The van der Waals surface area contributed by atoms with E-state index < -0.39 is 23.1 Å². The van der Waals surface area contributed by atoms with Gasteiger partial charge < -0.3 is 10.2 Å². The molecule has 14 heavy (non-hydrogen) atoms. The summed E-state index contributed by atoms with van der Waals surface area (Å²) in [5.41, 5.74) is -1.76. The van der Waals surface area contributed by atoms with Crippen LogP contribution in [0.15, 0.2) is 0 Å².